The first kappa shape index (κ1) is 9.13. The van der Waals surface area contributed by atoms with Gasteiger partial charge in [-0.2, -0.15) is 0 Å². The first-order valence-corrected chi connectivity index (χ1v) is 6.10. The zero-order valence-corrected chi connectivity index (χ0v) is 9.26. The summed E-state index contributed by atoms with van der Waals surface area (Å²) in [5, 5.41) is 2.10. The highest BCUT2D eigenvalue weighted by molar-refractivity contribution is 7.10. The molecule has 3 rings (SSSR count). The number of thiophene rings is 1. The number of benzene rings is 1. The minimum atomic E-state index is -0.231. The summed E-state index contributed by atoms with van der Waals surface area (Å²) in [6.07, 6.45) is 2.14. The largest absolute Gasteiger partial charge is 0.317 e. The van der Waals surface area contributed by atoms with Gasteiger partial charge in [0.15, 0.2) is 0 Å². The fourth-order valence-electron chi connectivity index (χ4n) is 2.43. The lowest BCUT2D eigenvalue weighted by Crippen LogP contribution is -2.34. The SMILES string of the molecule is NC1(c2cccs2)CCc2ccccc21. The molecule has 0 saturated heterocycles. The van der Waals surface area contributed by atoms with Crippen LogP contribution >= 0.6 is 11.3 Å². The third-order valence-corrected chi connectivity index (χ3v) is 4.30. The van der Waals surface area contributed by atoms with Crippen molar-refractivity contribution < 1.29 is 0 Å². The van der Waals surface area contributed by atoms with Crippen molar-refractivity contribution >= 4 is 11.3 Å². The molecule has 15 heavy (non-hydrogen) atoms. The summed E-state index contributed by atoms with van der Waals surface area (Å²) >= 11 is 1.76. The van der Waals surface area contributed by atoms with Crippen molar-refractivity contribution in [2.45, 2.75) is 18.4 Å². The van der Waals surface area contributed by atoms with Gasteiger partial charge in [0.05, 0.1) is 5.54 Å². The Kier molecular flexibility index (Phi) is 1.94. The van der Waals surface area contributed by atoms with E-state index in [0.717, 1.165) is 12.8 Å². The van der Waals surface area contributed by atoms with E-state index in [0.29, 0.717) is 0 Å². The molecule has 0 saturated carbocycles. The molecule has 1 aliphatic carbocycles. The highest BCUT2D eigenvalue weighted by atomic mass is 32.1. The Hall–Kier alpha value is -1.12. The lowest BCUT2D eigenvalue weighted by molar-refractivity contribution is 0.546. The standard InChI is InChI=1S/C13H13NS/c14-13(12-6-3-9-15-12)8-7-10-4-1-2-5-11(10)13/h1-6,9H,7-8,14H2. The Labute approximate surface area is 93.6 Å². The molecule has 1 aromatic carbocycles. The molecule has 1 atom stereocenters. The highest BCUT2D eigenvalue weighted by Gasteiger charge is 2.36. The quantitative estimate of drug-likeness (QED) is 0.777. The van der Waals surface area contributed by atoms with E-state index in [9.17, 15) is 0 Å². The van der Waals surface area contributed by atoms with Crippen LogP contribution in [0.4, 0.5) is 0 Å². The summed E-state index contributed by atoms with van der Waals surface area (Å²) in [7, 11) is 0. The van der Waals surface area contributed by atoms with E-state index in [2.05, 4.69) is 41.8 Å². The third-order valence-electron chi connectivity index (χ3n) is 3.25. The van der Waals surface area contributed by atoms with Crippen molar-refractivity contribution in [1.29, 1.82) is 0 Å². The van der Waals surface area contributed by atoms with Crippen molar-refractivity contribution in [2.24, 2.45) is 5.73 Å². The van der Waals surface area contributed by atoms with E-state index in [1.807, 2.05) is 0 Å². The summed E-state index contributed by atoms with van der Waals surface area (Å²) < 4.78 is 0. The van der Waals surface area contributed by atoms with Crippen LogP contribution in [0.1, 0.15) is 22.4 Å². The van der Waals surface area contributed by atoms with E-state index in [-0.39, 0.29) is 5.54 Å². The second-order valence-electron chi connectivity index (χ2n) is 4.11. The van der Waals surface area contributed by atoms with Crippen LogP contribution in [0.3, 0.4) is 0 Å². The monoisotopic (exact) mass is 215 g/mol. The Bertz CT molecular complexity index is 475. The molecule has 0 bridgehead atoms. The molecular formula is C13H13NS. The number of nitrogens with two attached hydrogens (primary N) is 1. The fraction of sp³-hybridized carbons (Fsp3) is 0.231. The average Bonchev–Trinajstić information content (AvgIpc) is 2.88. The van der Waals surface area contributed by atoms with Crippen LogP contribution in [0.25, 0.3) is 0 Å². The van der Waals surface area contributed by atoms with Crippen molar-refractivity contribution in [3.8, 4) is 0 Å². The normalized spacial score (nSPS) is 24.1. The third kappa shape index (κ3) is 1.25. The van der Waals surface area contributed by atoms with Gasteiger partial charge in [-0.05, 0) is 35.4 Å². The van der Waals surface area contributed by atoms with Gasteiger partial charge < -0.3 is 5.73 Å². The zero-order chi connectivity index (χ0) is 10.3. The van der Waals surface area contributed by atoms with Crippen molar-refractivity contribution in [3.05, 3.63) is 57.8 Å². The maximum Gasteiger partial charge on any atom is 0.0765 e. The molecule has 1 unspecified atom stereocenters. The van der Waals surface area contributed by atoms with E-state index in [1.54, 1.807) is 11.3 Å². The first-order chi connectivity index (χ1) is 7.31. The number of hydrogen-bond donors (Lipinski definition) is 1. The number of rotatable bonds is 1. The van der Waals surface area contributed by atoms with E-state index < -0.39 is 0 Å². The van der Waals surface area contributed by atoms with Gasteiger partial charge in [-0.3, -0.25) is 0 Å². The van der Waals surface area contributed by atoms with E-state index in [1.165, 1.54) is 16.0 Å². The smallest absolute Gasteiger partial charge is 0.0765 e. The van der Waals surface area contributed by atoms with Gasteiger partial charge in [0.1, 0.15) is 0 Å². The second kappa shape index (κ2) is 3.19. The molecule has 2 aromatic rings. The molecule has 0 radical (unpaired) electrons. The van der Waals surface area contributed by atoms with Crippen molar-refractivity contribution in [3.63, 3.8) is 0 Å². The molecule has 0 amide bonds. The maximum absolute atomic E-state index is 6.55. The fourth-order valence-corrected chi connectivity index (χ4v) is 3.31. The van der Waals surface area contributed by atoms with Crippen molar-refractivity contribution in [1.82, 2.24) is 0 Å². The van der Waals surface area contributed by atoms with Crippen LogP contribution in [0.5, 0.6) is 0 Å². The Morgan fingerprint density at radius 1 is 1.13 bits per heavy atom. The van der Waals surface area contributed by atoms with E-state index >= 15 is 0 Å². The van der Waals surface area contributed by atoms with Crippen LogP contribution < -0.4 is 5.73 Å². The molecule has 2 heteroatoms. The second-order valence-corrected chi connectivity index (χ2v) is 5.05. The summed E-state index contributed by atoms with van der Waals surface area (Å²) in [4.78, 5) is 1.28. The van der Waals surface area contributed by atoms with Gasteiger partial charge in [0, 0.05) is 4.88 Å². The van der Waals surface area contributed by atoms with Gasteiger partial charge in [0.2, 0.25) is 0 Å². The molecule has 1 nitrogen and oxygen atoms in total. The van der Waals surface area contributed by atoms with Crippen LogP contribution in [-0.4, -0.2) is 0 Å². The maximum atomic E-state index is 6.55. The minimum absolute atomic E-state index is 0.231. The van der Waals surface area contributed by atoms with Gasteiger partial charge >= 0.3 is 0 Å². The summed E-state index contributed by atoms with van der Waals surface area (Å²) in [5.41, 5.74) is 9.04. The predicted molar refractivity (Wildman–Crippen MR) is 64.0 cm³/mol. The molecular weight excluding hydrogens is 202 g/mol. The first-order valence-electron chi connectivity index (χ1n) is 5.22. The molecule has 1 heterocycles. The van der Waals surface area contributed by atoms with E-state index in [4.69, 9.17) is 5.73 Å². The molecule has 1 aliphatic rings. The van der Waals surface area contributed by atoms with Crippen LogP contribution in [0, 0.1) is 0 Å². The van der Waals surface area contributed by atoms with Gasteiger partial charge in [-0.15, -0.1) is 11.3 Å². The number of aryl methyl sites for hydroxylation is 1. The highest BCUT2D eigenvalue weighted by Crippen LogP contribution is 2.41. The van der Waals surface area contributed by atoms with Crippen LogP contribution in [0.15, 0.2) is 41.8 Å². The predicted octanol–water partition coefficient (Wildman–Crippen LogP) is 2.90. The molecule has 0 aliphatic heterocycles. The molecule has 0 fully saturated rings. The Morgan fingerprint density at radius 3 is 2.80 bits per heavy atom. The minimum Gasteiger partial charge on any atom is -0.317 e. The summed E-state index contributed by atoms with van der Waals surface area (Å²) in [5.74, 6) is 0. The molecule has 76 valence electrons. The number of fused-ring (bicyclic) bond motifs is 1. The molecule has 1 aromatic heterocycles. The summed E-state index contributed by atoms with van der Waals surface area (Å²) in [6, 6.07) is 12.8. The molecule has 0 spiro atoms. The van der Waals surface area contributed by atoms with Gasteiger partial charge in [0.25, 0.3) is 0 Å². The number of hydrogen-bond acceptors (Lipinski definition) is 2. The topological polar surface area (TPSA) is 26.0 Å². The van der Waals surface area contributed by atoms with Gasteiger partial charge in [-0.1, -0.05) is 30.3 Å². The lowest BCUT2D eigenvalue weighted by atomic mass is 9.91. The van der Waals surface area contributed by atoms with Crippen LogP contribution in [0.2, 0.25) is 0 Å². The Morgan fingerprint density at radius 2 is 2.00 bits per heavy atom. The lowest BCUT2D eigenvalue weighted by Gasteiger charge is -2.23. The molecule has 2 N–H and O–H groups in total. The Balaban J connectivity index is 2.17. The van der Waals surface area contributed by atoms with Crippen LogP contribution in [-0.2, 0) is 12.0 Å². The van der Waals surface area contributed by atoms with Crippen molar-refractivity contribution in [2.75, 3.05) is 0 Å². The zero-order valence-electron chi connectivity index (χ0n) is 8.44. The summed E-state index contributed by atoms with van der Waals surface area (Å²) in [6.45, 7) is 0. The average molecular weight is 215 g/mol. The van der Waals surface area contributed by atoms with Gasteiger partial charge in [-0.25, -0.2) is 0 Å².